The number of fused-ring (bicyclic) bond motifs is 1. The molecular weight excluding hydrogens is 276 g/mol. The van der Waals surface area contributed by atoms with E-state index in [1.165, 1.54) is 49.9 Å². The Morgan fingerprint density at radius 1 is 1.12 bits per heavy atom. The lowest BCUT2D eigenvalue weighted by molar-refractivity contribution is 0.558. The van der Waals surface area contributed by atoms with Crippen LogP contribution in [0.25, 0.3) is 5.52 Å². The van der Waals surface area contributed by atoms with Gasteiger partial charge >= 0.3 is 0 Å². The van der Waals surface area contributed by atoms with E-state index in [4.69, 9.17) is 4.98 Å². The summed E-state index contributed by atoms with van der Waals surface area (Å²) < 4.78 is 3.23. The largest absolute Gasteiger partial charge is 0.302 e. The topological polar surface area (TPSA) is 17.3 Å². The molecule has 1 fully saturated rings. The van der Waals surface area contributed by atoms with Crippen LogP contribution in [0.2, 0.25) is 0 Å². The van der Waals surface area contributed by atoms with Crippen LogP contribution in [-0.2, 0) is 0 Å². The maximum atomic E-state index is 4.73. The van der Waals surface area contributed by atoms with E-state index < -0.39 is 0 Å². The summed E-state index contributed by atoms with van der Waals surface area (Å²) >= 11 is 3.57. The number of hydrogen-bond donors (Lipinski definition) is 0. The van der Waals surface area contributed by atoms with E-state index in [9.17, 15) is 0 Å². The highest BCUT2D eigenvalue weighted by Gasteiger charge is 2.20. The standard InChI is InChI=1S/C14H17BrN2/c15-13-12-9-5-6-10-17(12)14(16-13)11-7-3-1-2-4-8-11/h5-6,9-11H,1-4,7-8H2. The van der Waals surface area contributed by atoms with Crippen molar-refractivity contribution in [2.45, 2.75) is 44.4 Å². The molecule has 0 bridgehead atoms. The van der Waals surface area contributed by atoms with Crippen LogP contribution >= 0.6 is 15.9 Å². The van der Waals surface area contributed by atoms with E-state index in [1.54, 1.807) is 0 Å². The third kappa shape index (κ3) is 2.13. The summed E-state index contributed by atoms with van der Waals surface area (Å²) in [6.07, 6.45) is 10.2. The van der Waals surface area contributed by atoms with Crippen molar-refractivity contribution >= 4 is 21.4 Å². The zero-order valence-corrected chi connectivity index (χ0v) is 11.5. The maximum absolute atomic E-state index is 4.73. The van der Waals surface area contributed by atoms with Crippen LogP contribution in [0.15, 0.2) is 29.0 Å². The van der Waals surface area contributed by atoms with E-state index in [0.717, 1.165) is 4.60 Å². The lowest BCUT2D eigenvalue weighted by Crippen LogP contribution is -2.03. The Balaban J connectivity index is 2.04. The van der Waals surface area contributed by atoms with Gasteiger partial charge in [-0.15, -0.1) is 0 Å². The van der Waals surface area contributed by atoms with Gasteiger partial charge in [0, 0.05) is 12.1 Å². The Morgan fingerprint density at radius 3 is 2.65 bits per heavy atom. The van der Waals surface area contributed by atoms with Crippen LogP contribution in [0.5, 0.6) is 0 Å². The van der Waals surface area contributed by atoms with E-state index in [2.05, 4.69) is 44.7 Å². The van der Waals surface area contributed by atoms with Gasteiger partial charge in [0.1, 0.15) is 10.4 Å². The molecule has 0 atom stereocenters. The summed E-state index contributed by atoms with van der Waals surface area (Å²) in [5.74, 6) is 1.88. The highest BCUT2D eigenvalue weighted by atomic mass is 79.9. The average molecular weight is 293 g/mol. The molecule has 2 heterocycles. The first-order valence-electron chi connectivity index (χ1n) is 6.49. The van der Waals surface area contributed by atoms with Crippen LogP contribution in [0, 0.1) is 0 Å². The molecular formula is C14H17BrN2. The second kappa shape index (κ2) is 4.81. The molecule has 3 rings (SSSR count). The van der Waals surface area contributed by atoms with Crippen LogP contribution in [0.3, 0.4) is 0 Å². The minimum atomic E-state index is 0.638. The third-order valence-electron chi connectivity index (χ3n) is 3.75. The van der Waals surface area contributed by atoms with Gasteiger partial charge in [0.25, 0.3) is 0 Å². The average Bonchev–Trinajstić information content (AvgIpc) is 2.57. The summed E-state index contributed by atoms with van der Waals surface area (Å²) in [6.45, 7) is 0. The molecule has 0 saturated heterocycles. The highest BCUT2D eigenvalue weighted by molar-refractivity contribution is 9.10. The van der Waals surface area contributed by atoms with E-state index >= 15 is 0 Å². The Hall–Kier alpha value is -0.830. The first kappa shape index (κ1) is 11.3. The monoisotopic (exact) mass is 292 g/mol. The lowest BCUT2D eigenvalue weighted by atomic mass is 10.00. The summed E-state index contributed by atoms with van der Waals surface area (Å²) in [5.41, 5.74) is 1.19. The molecule has 17 heavy (non-hydrogen) atoms. The molecule has 1 aliphatic carbocycles. The van der Waals surface area contributed by atoms with Crippen molar-refractivity contribution in [1.29, 1.82) is 0 Å². The molecule has 0 aliphatic heterocycles. The van der Waals surface area contributed by atoms with Gasteiger partial charge in [-0.3, -0.25) is 0 Å². The number of nitrogens with zero attached hydrogens (tertiary/aromatic N) is 2. The number of aromatic nitrogens is 2. The summed E-state index contributed by atoms with van der Waals surface area (Å²) in [4.78, 5) is 4.73. The lowest BCUT2D eigenvalue weighted by Gasteiger charge is -2.12. The number of pyridine rings is 1. The van der Waals surface area contributed by atoms with Gasteiger partial charge in [-0.1, -0.05) is 31.7 Å². The molecule has 90 valence electrons. The van der Waals surface area contributed by atoms with Crippen LogP contribution in [0.1, 0.15) is 50.3 Å². The minimum Gasteiger partial charge on any atom is -0.302 e. The Morgan fingerprint density at radius 2 is 1.88 bits per heavy atom. The van der Waals surface area contributed by atoms with Crippen molar-refractivity contribution in [2.75, 3.05) is 0 Å². The Bertz CT molecular complexity index is 510. The van der Waals surface area contributed by atoms with Gasteiger partial charge in [0.15, 0.2) is 0 Å². The third-order valence-corrected chi connectivity index (χ3v) is 4.33. The van der Waals surface area contributed by atoms with Crippen molar-refractivity contribution in [2.24, 2.45) is 0 Å². The molecule has 0 radical (unpaired) electrons. The normalized spacial score (nSPS) is 18.4. The highest BCUT2D eigenvalue weighted by Crippen LogP contribution is 2.33. The van der Waals surface area contributed by atoms with Crippen molar-refractivity contribution in [3.8, 4) is 0 Å². The first-order valence-corrected chi connectivity index (χ1v) is 7.28. The predicted octanol–water partition coefficient (Wildman–Crippen LogP) is 4.53. The fourth-order valence-corrected chi connectivity index (χ4v) is 3.35. The number of halogens is 1. The molecule has 3 heteroatoms. The summed E-state index contributed by atoms with van der Waals surface area (Å²) in [5, 5.41) is 0. The van der Waals surface area contributed by atoms with Crippen molar-refractivity contribution in [3.05, 3.63) is 34.8 Å². The molecule has 1 saturated carbocycles. The first-order chi connectivity index (χ1) is 8.36. The molecule has 2 aromatic rings. The number of hydrogen-bond acceptors (Lipinski definition) is 1. The van der Waals surface area contributed by atoms with Crippen LogP contribution in [0.4, 0.5) is 0 Å². The molecule has 0 amide bonds. The molecule has 2 aromatic heterocycles. The molecule has 0 spiro atoms. The fourth-order valence-electron chi connectivity index (χ4n) is 2.85. The van der Waals surface area contributed by atoms with Crippen molar-refractivity contribution < 1.29 is 0 Å². The van der Waals surface area contributed by atoms with E-state index in [1.807, 2.05) is 0 Å². The second-order valence-corrected chi connectivity index (χ2v) is 5.66. The van der Waals surface area contributed by atoms with Crippen molar-refractivity contribution in [3.63, 3.8) is 0 Å². The smallest absolute Gasteiger partial charge is 0.132 e. The van der Waals surface area contributed by atoms with E-state index in [-0.39, 0.29) is 0 Å². The SMILES string of the molecule is Brc1nc(C2CCCCCC2)n2ccccc12. The fraction of sp³-hybridized carbons (Fsp3) is 0.500. The predicted molar refractivity (Wildman–Crippen MR) is 73.3 cm³/mol. The van der Waals surface area contributed by atoms with Gasteiger partial charge < -0.3 is 4.40 Å². The molecule has 0 aromatic carbocycles. The zero-order valence-electron chi connectivity index (χ0n) is 9.90. The van der Waals surface area contributed by atoms with Crippen LogP contribution < -0.4 is 0 Å². The van der Waals surface area contributed by atoms with Gasteiger partial charge in [0.05, 0.1) is 5.52 Å². The van der Waals surface area contributed by atoms with Gasteiger partial charge in [-0.2, -0.15) is 0 Å². The quantitative estimate of drug-likeness (QED) is 0.706. The van der Waals surface area contributed by atoms with Gasteiger partial charge in [-0.25, -0.2) is 4.98 Å². The second-order valence-electron chi connectivity index (χ2n) is 4.91. The molecule has 0 N–H and O–H groups in total. The molecule has 1 aliphatic rings. The Kier molecular flexibility index (Phi) is 3.19. The minimum absolute atomic E-state index is 0.638. The number of rotatable bonds is 1. The van der Waals surface area contributed by atoms with Crippen LogP contribution in [-0.4, -0.2) is 9.38 Å². The van der Waals surface area contributed by atoms with Gasteiger partial charge in [0.2, 0.25) is 0 Å². The summed E-state index contributed by atoms with van der Waals surface area (Å²) in [6, 6.07) is 6.28. The van der Waals surface area contributed by atoms with Gasteiger partial charge in [-0.05, 0) is 40.9 Å². The maximum Gasteiger partial charge on any atom is 0.132 e. The van der Waals surface area contributed by atoms with E-state index in [0.29, 0.717) is 5.92 Å². The van der Waals surface area contributed by atoms with Crippen molar-refractivity contribution in [1.82, 2.24) is 9.38 Å². The molecule has 0 unspecified atom stereocenters. The molecule has 2 nitrogen and oxygen atoms in total. The number of imidazole rings is 1. The summed E-state index contributed by atoms with van der Waals surface area (Å²) in [7, 11) is 0. The Labute approximate surface area is 110 Å². The zero-order chi connectivity index (χ0) is 11.7.